The van der Waals surface area contributed by atoms with Crippen LogP contribution >= 0.6 is 11.3 Å². The summed E-state index contributed by atoms with van der Waals surface area (Å²) in [4.78, 5) is 18.0. The number of pyridine rings is 1. The van der Waals surface area contributed by atoms with Gasteiger partial charge in [-0.25, -0.2) is 9.78 Å². The second kappa shape index (κ2) is 4.10. The van der Waals surface area contributed by atoms with Crippen LogP contribution in [-0.2, 0) is 13.0 Å². The fourth-order valence-electron chi connectivity index (χ4n) is 2.29. The Balaban J connectivity index is 2.18. The van der Waals surface area contributed by atoms with Gasteiger partial charge in [-0.15, -0.1) is 11.3 Å². The minimum absolute atomic E-state index is 0.0474. The van der Waals surface area contributed by atoms with Crippen molar-refractivity contribution in [2.45, 2.75) is 13.0 Å². The lowest BCUT2D eigenvalue weighted by molar-refractivity contribution is 0.140. The Hall–Kier alpha value is -2.33. The van der Waals surface area contributed by atoms with Gasteiger partial charge in [0.05, 0.1) is 18.1 Å². The van der Waals surface area contributed by atoms with Gasteiger partial charge >= 0.3 is 6.09 Å². The van der Waals surface area contributed by atoms with Crippen molar-refractivity contribution in [1.29, 1.82) is 5.26 Å². The lowest BCUT2D eigenvalue weighted by atomic mass is 10.0. The van der Waals surface area contributed by atoms with Crippen LogP contribution in [0.4, 0.5) is 4.79 Å². The third kappa shape index (κ3) is 1.69. The number of hydrogen-bond donors (Lipinski definition) is 2. The van der Waals surface area contributed by atoms with E-state index in [0.717, 1.165) is 10.4 Å². The second-order valence-corrected chi connectivity index (χ2v) is 5.35. The molecule has 0 saturated heterocycles. The van der Waals surface area contributed by atoms with Gasteiger partial charge in [-0.3, -0.25) is 0 Å². The van der Waals surface area contributed by atoms with E-state index in [-0.39, 0.29) is 11.3 Å². The Morgan fingerprint density at radius 2 is 2.37 bits per heavy atom. The number of hydrogen-bond acceptors (Lipinski definition) is 5. The fraction of sp³-hybridized carbons (Fsp3) is 0.250. The maximum atomic E-state index is 11.0. The zero-order valence-corrected chi connectivity index (χ0v) is 10.6. The Bertz CT molecular complexity index is 732. The highest BCUT2D eigenvalue weighted by molar-refractivity contribution is 7.18. The standard InChI is InChI=1S/C12H9N3O3S/c13-3-6-4-14-11-9(10(6)16)7-1-2-15(12(17)18)5-8(7)19-11/h4H,1-2,5H2,(H,14,16)(H,17,18). The average molecular weight is 275 g/mol. The van der Waals surface area contributed by atoms with Crippen LogP contribution in [0.3, 0.4) is 0 Å². The molecule has 2 aromatic heterocycles. The van der Waals surface area contributed by atoms with Gasteiger partial charge in [0.2, 0.25) is 0 Å². The first-order valence-electron chi connectivity index (χ1n) is 5.62. The first-order chi connectivity index (χ1) is 9.11. The van der Waals surface area contributed by atoms with E-state index in [2.05, 4.69) is 4.98 Å². The van der Waals surface area contributed by atoms with Crippen LogP contribution in [0, 0.1) is 11.3 Å². The van der Waals surface area contributed by atoms with E-state index in [1.54, 1.807) is 0 Å². The Morgan fingerprint density at radius 1 is 1.58 bits per heavy atom. The lowest BCUT2D eigenvalue weighted by Gasteiger charge is -2.23. The lowest BCUT2D eigenvalue weighted by Crippen LogP contribution is -2.33. The summed E-state index contributed by atoms with van der Waals surface area (Å²) in [5, 5.41) is 28.6. The summed E-state index contributed by atoms with van der Waals surface area (Å²) >= 11 is 1.37. The normalized spacial score (nSPS) is 14.2. The molecule has 2 aromatic rings. The molecule has 96 valence electrons. The van der Waals surface area contributed by atoms with Crippen LogP contribution in [0.5, 0.6) is 5.75 Å². The van der Waals surface area contributed by atoms with E-state index in [0.29, 0.717) is 29.7 Å². The molecule has 2 N–H and O–H groups in total. The number of rotatable bonds is 0. The second-order valence-electron chi connectivity index (χ2n) is 4.27. The molecule has 0 bridgehead atoms. The number of aromatic hydroxyl groups is 1. The highest BCUT2D eigenvalue weighted by Crippen LogP contribution is 2.39. The van der Waals surface area contributed by atoms with E-state index in [9.17, 15) is 9.90 Å². The molecule has 1 amide bonds. The van der Waals surface area contributed by atoms with Crippen molar-refractivity contribution in [2.24, 2.45) is 0 Å². The molecule has 1 aliphatic rings. The van der Waals surface area contributed by atoms with Crippen LogP contribution in [0.2, 0.25) is 0 Å². The van der Waals surface area contributed by atoms with Gasteiger partial charge in [-0.1, -0.05) is 0 Å². The first-order valence-corrected chi connectivity index (χ1v) is 6.43. The van der Waals surface area contributed by atoms with Crippen LogP contribution in [0.1, 0.15) is 16.0 Å². The summed E-state index contributed by atoms with van der Waals surface area (Å²) in [5.74, 6) is -0.0474. The van der Waals surface area contributed by atoms with Crippen LogP contribution in [0.25, 0.3) is 10.2 Å². The third-order valence-electron chi connectivity index (χ3n) is 3.23. The summed E-state index contributed by atoms with van der Waals surface area (Å²) < 4.78 is 0. The number of nitriles is 1. The summed E-state index contributed by atoms with van der Waals surface area (Å²) in [5.41, 5.74) is 1.06. The molecule has 0 aromatic carbocycles. The summed E-state index contributed by atoms with van der Waals surface area (Å²) in [6.45, 7) is 0.706. The van der Waals surface area contributed by atoms with E-state index < -0.39 is 6.09 Å². The SMILES string of the molecule is N#Cc1cnc2sc3c(c2c1O)CCN(C(=O)O)C3. The number of aromatic nitrogens is 1. The number of carboxylic acid groups (broad SMARTS) is 1. The van der Waals surface area contributed by atoms with E-state index in [4.69, 9.17) is 10.4 Å². The third-order valence-corrected chi connectivity index (χ3v) is 4.36. The van der Waals surface area contributed by atoms with Gasteiger partial charge < -0.3 is 15.1 Å². The highest BCUT2D eigenvalue weighted by atomic mass is 32.1. The average Bonchev–Trinajstić information content (AvgIpc) is 2.77. The molecule has 1 aliphatic heterocycles. The summed E-state index contributed by atoms with van der Waals surface area (Å²) in [6.07, 6.45) is 0.929. The smallest absolute Gasteiger partial charge is 0.407 e. The molecule has 0 unspecified atom stereocenters. The zero-order chi connectivity index (χ0) is 13.6. The van der Waals surface area contributed by atoms with Crippen molar-refractivity contribution < 1.29 is 15.0 Å². The molecule has 19 heavy (non-hydrogen) atoms. The molecule has 0 radical (unpaired) electrons. The largest absolute Gasteiger partial charge is 0.506 e. The van der Waals surface area contributed by atoms with Gasteiger partial charge in [0.1, 0.15) is 22.2 Å². The monoisotopic (exact) mass is 275 g/mol. The van der Waals surface area contributed by atoms with Crippen molar-refractivity contribution in [3.05, 3.63) is 22.2 Å². The van der Waals surface area contributed by atoms with E-state index >= 15 is 0 Å². The Kier molecular flexibility index (Phi) is 2.54. The topological polar surface area (TPSA) is 97.5 Å². The predicted molar refractivity (Wildman–Crippen MR) is 68.1 cm³/mol. The van der Waals surface area contributed by atoms with Crippen molar-refractivity contribution in [2.75, 3.05) is 6.54 Å². The Labute approximate surface area is 112 Å². The molecule has 3 rings (SSSR count). The van der Waals surface area contributed by atoms with Gasteiger partial charge in [0.15, 0.2) is 0 Å². The zero-order valence-electron chi connectivity index (χ0n) is 9.75. The number of fused-ring (bicyclic) bond motifs is 3. The molecule has 0 atom stereocenters. The van der Waals surface area contributed by atoms with Crippen molar-refractivity contribution >= 4 is 27.6 Å². The molecule has 3 heterocycles. The summed E-state index contributed by atoms with van der Waals surface area (Å²) in [6, 6.07) is 1.90. The minimum Gasteiger partial charge on any atom is -0.506 e. The Morgan fingerprint density at radius 3 is 3.05 bits per heavy atom. The van der Waals surface area contributed by atoms with Gasteiger partial charge in [0, 0.05) is 11.4 Å². The molecule has 0 aliphatic carbocycles. The molecule has 0 saturated carbocycles. The number of nitrogens with zero attached hydrogens (tertiary/aromatic N) is 3. The summed E-state index contributed by atoms with van der Waals surface area (Å²) in [7, 11) is 0. The van der Waals surface area contributed by atoms with Gasteiger partial charge in [0.25, 0.3) is 0 Å². The van der Waals surface area contributed by atoms with Crippen molar-refractivity contribution in [1.82, 2.24) is 9.88 Å². The van der Waals surface area contributed by atoms with E-state index in [1.807, 2.05) is 6.07 Å². The number of carbonyl (C=O) groups is 1. The number of amides is 1. The highest BCUT2D eigenvalue weighted by Gasteiger charge is 2.26. The van der Waals surface area contributed by atoms with E-state index in [1.165, 1.54) is 22.4 Å². The maximum absolute atomic E-state index is 11.0. The first kappa shape index (κ1) is 11.7. The van der Waals surface area contributed by atoms with Crippen LogP contribution in [0.15, 0.2) is 6.20 Å². The number of thiophene rings is 1. The van der Waals surface area contributed by atoms with Crippen LogP contribution < -0.4 is 0 Å². The quantitative estimate of drug-likeness (QED) is 0.765. The molecule has 7 heteroatoms. The fourth-order valence-corrected chi connectivity index (χ4v) is 3.50. The van der Waals surface area contributed by atoms with Crippen molar-refractivity contribution in [3.63, 3.8) is 0 Å². The molecule has 0 fully saturated rings. The van der Waals surface area contributed by atoms with Crippen molar-refractivity contribution in [3.8, 4) is 11.8 Å². The molecule has 6 nitrogen and oxygen atoms in total. The predicted octanol–water partition coefficient (Wildman–Crippen LogP) is 1.91. The van der Waals surface area contributed by atoms with Gasteiger partial charge in [-0.05, 0) is 12.0 Å². The minimum atomic E-state index is -0.946. The molecular weight excluding hydrogens is 266 g/mol. The van der Waals surface area contributed by atoms with Crippen LogP contribution in [-0.4, -0.2) is 32.7 Å². The van der Waals surface area contributed by atoms with Gasteiger partial charge in [-0.2, -0.15) is 5.26 Å². The molecule has 0 spiro atoms. The maximum Gasteiger partial charge on any atom is 0.407 e. The molecular formula is C12H9N3O3S.